The van der Waals surface area contributed by atoms with Gasteiger partial charge in [0.05, 0.1) is 5.01 Å². The van der Waals surface area contributed by atoms with Gasteiger partial charge in [-0.1, -0.05) is 6.92 Å². The Bertz CT molecular complexity index is 408. The molecule has 0 spiro atoms. The number of rotatable bonds is 2. The van der Waals surface area contributed by atoms with Crippen LogP contribution in [0.2, 0.25) is 0 Å². The molecule has 0 atom stereocenters. The van der Waals surface area contributed by atoms with Crippen LogP contribution in [0.3, 0.4) is 0 Å². The van der Waals surface area contributed by atoms with Crippen molar-refractivity contribution in [2.24, 2.45) is 0 Å². The fourth-order valence-corrected chi connectivity index (χ4v) is 2.95. The standard InChI is InChI=1S/C12H19N3OS/c1-4-14-5-7-15(8-6-14)12(16)11-9(2)17-10(3)13-11/h4-8H2,1-3H3. The minimum absolute atomic E-state index is 0.0996. The zero-order chi connectivity index (χ0) is 12.4. The van der Waals surface area contributed by atoms with Crippen LogP contribution >= 0.6 is 11.3 Å². The average Bonchev–Trinajstić information content (AvgIpc) is 2.68. The summed E-state index contributed by atoms with van der Waals surface area (Å²) in [6.45, 7) is 10.7. The lowest BCUT2D eigenvalue weighted by molar-refractivity contribution is 0.0637. The SMILES string of the molecule is CCN1CCN(C(=O)c2nc(C)sc2C)CC1. The van der Waals surface area contributed by atoms with Crippen LogP contribution < -0.4 is 0 Å². The van der Waals surface area contributed by atoms with Gasteiger partial charge >= 0.3 is 0 Å². The van der Waals surface area contributed by atoms with Crippen LogP contribution in [0.25, 0.3) is 0 Å². The van der Waals surface area contributed by atoms with E-state index < -0.39 is 0 Å². The van der Waals surface area contributed by atoms with E-state index in [0.29, 0.717) is 5.69 Å². The average molecular weight is 253 g/mol. The number of likely N-dealkylation sites (N-methyl/N-ethyl adjacent to an activating group) is 1. The van der Waals surface area contributed by atoms with E-state index in [0.717, 1.165) is 42.6 Å². The van der Waals surface area contributed by atoms with E-state index in [1.165, 1.54) is 0 Å². The monoisotopic (exact) mass is 253 g/mol. The first-order valence-corrected chi connectivity index (χ1v) is 6.89. The maximum Gasteiger partial charge on any atom is 0.273 e. The molecule has 0 radical (unpaired) electrons. The van der Waals surface area contributed by atoms with Crippen LogP contribution in [-0.2, 0) is 0 Å². The van der Waals surface area contributed by atoms with Gasteiger partial charge in [-0.25, -0.2) is 4.98 Å². The molecule has 2 heterocycles. The molecule has 5 heteroatoms. The summed E-state index contributed by atoms with van der Waals surface area (Å²) < 4.78 is 0. The summed E-state index contributed by atoms with van der Waals surface area (Å²) in [5.41, 5.74) is 0.650. The van der Waals surface area contributed by atoms with Crippen molar-refractivity contribution in [2.75, 3.05) is 32.7 Å². The number of amides is 1. The second kappa shape index (κ2) is 5.14. The Morgan fingerprint density at radius 2 is 1.94 bits per heavy atom. The molecule has 1 saturated heterocycles. The van der Waals surface area contributed by atoms with Crippen LogP contribution in [-0.4, -0.2) is 53.4 Å². The van der Waals surface area contributed by atoms with Gasteiger partial charge in [0, 0.05) is 31.1 Å². The van der Waals surface area contributed by atoms with E-state index in [1.807, 2.05) is 18.7 Å². The highest BCUT2D eigenvalue weighted by Crippen LogP contribution is 2.18. The number of nitrogens with zero attached hydrogens (tertiary/aromatic N) is 3. The fourth-order valence-electron chi connectivity index (χ4n) is 2.14. The van der Waals surface area contributed by atoms with Gasteiger partial charge in [-0.3, -0.25) is 4.79 Å². The number of piperazine rings is 1. The quantitative estimate of drug-likeness (QED) is 0.802. The molecule has 1 aliphatic heterocycles. The van der Waals surface area contributed by atoms with Crippen LogP contribution in [0.4, 0.5) is 0 Å². The lowest BCUT2D eigenvalue weighted by Crippen LogP contribution is -2.48. The van der Waals surface area contributed by atoms with E-state index in [9.17, 15) is 4.79 Å². The first-order chi connectivity index (χ1) is 8.11. The summed E-state index contributed by atoms with van der Waals surface area (Å²) >= 11 is 1.60. The highest BCUT2D eigenvalue weighted by Gasteiger charge is 2.24. The number of aryl methyl sites for hydroxylation is 2. The van der Waals surface area contributed by atoms with Gasteiger partial charge in [0.15, 0.2) is 0 Å². The number of thiazole rings is 1. The molecule has 0 aliphatic carbocycles. The predicted molar refractivity (Wildman–Crippen MR) is 69.6 cm³/mol. The lowest BCUT2D eigenvalue weighted by Gasteiger charge is -2.33. The number of aromatic nitrogens is 1. The Kier molecular flexibility index (Phi) is 3.79. The first-order valence-electron chi connectivity index (χ1n) is 6.07. The van der Waals surface area contributed by atoms with Crippen molar-refractivity contribution in [1.29, 1.82) is 0 Å². The van der Waals surface area contributed by atoms with Crippen LogP contribution in [0.15, 0.2) is 0 Å². The maximum atomic E-state index is 12.3. The van der Waals surface area contributed by atoms with Gasteiger partial charge < -0.3 is 9.80 Å². The van der Waals surface area contributed by atoms with E-state index in [2.05, 4.69) is 16.8 Å². The summed E-state index contributed by atoms with van der Waals surface area (Å²) in [4.78, 5) is 21.9. The third kappa shape index (κ3) is 2.66. The van der Waals surface area contributed by atoms with E-state index >= 15 is 0 Å². The Labute approximate surface area is 106 Å². The second-order valence-electron chi connectivity index (χ2n) is 4.36. The first kappa shape index (κ1) is 12.5. The normalized spacial score (nSPS) is 17.5. The van der Waals surface area contributed by atoms with E-state index in [-0.39, 0.29) is 5.91 Å². The molecule has 1 aromatic heterocycles. The van der Waals surface area contributed by atoms with E-state index in [4.69, 9.17) is 0 Å². The van der Waals surface area contributed by atoms with Crippen molar-refractivity contribution >= 4 is 17.2 Å². The molecule has 94 valence electrons. The number of carbonyl (C=O) groups excluding carboxylic acids is 1. The Balaban J connectivity index is 2.04. The highest BCUT2D eigenvalue weighted by molar-refractivity contribution is 7.11. The Morgan fingerprint density at radius 1 is 1.29 bits per heavy atom. The number of carbonyl (C=O) groups is 1. The van der Waals surface area contributed by atoms with Crippen molar-refractivity contribution in [3.8, 4) is 0 Å². The molecule has 0 saturated carbocycles. The van der Waals surface area contributed by atoms with Crippen LogP contribution in [0, 0.1) is 13.8 Å². The van der Waals surface area contributed by atoms with Gasteiger partial charge in [0.2, 0.25) is 0 Å². The van der Waals surface area contributed by atoms with Crippen molar-refractivity contribution < 1.29 is 4.79 Å². The summed E-state index contributed by atoms with van der Waals surface area (Å²) in [6.07, 6.45) is 0. The molecular formula is C12H19N3OS. The molecule has 0 N–H and O–H groups in total. The smallest absolute Gasteiger partial charge is 0.273 e. The molecule has 1 amide bonds. The molecule has 0 unspecified atom stereocenters. The second-order valence-corrected chi connectivity index (χ2v) is 5.77. The molecule has 17 heavy (non-hydrogen) atoms. The molecule has 0 aromatic carbocycles. The minimum atomic E-state index is 0.0996. The Morgan fingerprint density at radius 3 is 2.41 bits per heavy atom. The van der Waals surface area contributed by atoms with Gasteiger partial charge in [0.25, 0.3) is 5.91 Å². The molecular weight excluding hydrogens is 234 g/mol. The molecule has 1 aliphatic rings. The number of hydrogen-bond donors (Lipinski definition) is 0. The zero-order valence-electron chi connectivity index (χ0n) is 10.7. The van der Waals surface area contributed by atoms with Gasteiger partial charge in [-0.2, -0.15) is 0 Å². The van der Waals surface area contributed by atoms with Gasteiger partial charge in [-0.05, 0) is 20.4 Å². The minimum Gasteiger partial charge on any atom is -0.335 e. The summed E-state index contributed by atoms with van der Waals surface area (Å²) in [5, 5.41) is 0.970. The van der Waals surface area contributed by atoms with Crippen LogP contribution in [0.5, 0.6) is 0 Å². The molecule has 2 rings (SSSR count). The molecule has 4 nitrogen and oxygen atoms in total. The summed E-state index contributed by atoms with van der Waals surface area (Å²) in [7, 11) is 0. The topological polar surface area (TPSA) is 36.4 Å². The maximum absolute atomic E-state index is 12.3. The highest BCUT2D eigenvalue weighted by atomic mass is 32.1. The fraction of sp³-hybridized carbons (Fsp3) is 0.667. The van der Waals surface area contributed by atoms with Crippen molar-refractivity contribution in [2.45, 2.75) is 20.8 Å². The predicted octanol–water partition coefficient (Wildman–Crippen LogP) is 1.54. The van der Waals surface area contributed by atoms with E-state index in [1.54, 1.807) is 11.3 Å². The lowest BCUT2D eigenvalue weighted by atomic mass is 10.2. The van der Waals surface area contributed by atoms with Crippen molar-refractivity contribution in [1.82, 2.24) is 14.8 Å². The van der Waals surface area contributed by atoms with Gasteiger partial charge in [-0.15, -0.1) is 11.3 Å². The summed E-state index contributed by atoms with van der Waals surface area (Å²) in [6, 6.07) is 0. The third-order valence-electron chi connectivity index (χ3n) is 3.21. The van der Waals surface area contributed by atoms with Crippen molar-refractivity contribution in [3.05, 3.63) is 15.6 Å². The van der Waals surface area contributed by atoms with Crippen molar-refractivity contribution in [3.63, 3.8) is 0 Å². The third-order valence-corrected chi connectivity index (χ3v) is 4.10. The summed E-state index contributed by atoms with van der Waals surface area (Å²) in [5.74, 6) is 0.0996. The molecule has 1 fully saturated rings. The van der Waals surface area contributed by atoms with Gasteiger partial charge in [0.1, 0.15) is 5.69 Å². The van der Waals surface area contributed by atoms with Crippen LogP contribution in [0.1, 0.15) is 27.3 Å². The molecule has 0 bridgehead atoms. The molecule has 1 aromatic rings. The number of hydrogen-bond acceptors (Lipinski definition) is 4. The Hall–Kier alpha value is -0.940. The zero-order valence-corrected chi connectivity index (χ0v) is 11.5. The largest absolute Gasteiger partial charge is 0.335 e.